The molecule has 0 aromatic carbocycles. The van der Waals surface area contributed by atoms with Crippen molar-refractivity contribution in [2.45, 2.75) is 96.6 Å². The molecule has 0 spiro atoms. The highest BCUT2D eigenvalue weighted by atomic mass is 16.6. The number of rotatable bonds is 8. The van der Waals surface area contributed by atoms with Crippen molar-refractivity contribution >= 4 is 5.97 Å². The quantitative estimate of drug-likeness (QED) is 0.248. The van der Waals surface area contributed by atoms with E-state index < -0.39 is 18.3 Å². The monoisotopic (exact) mass is 514 g/mol. The first-order valence-electron chi connectivity index (χ1n) is 14.2. The van der Waals surface area contributed by atoms with Crippen LogP contribution in [0.2, 0.25) is 0 Å². The van der Waals surface area contributed by atoms with Gasteiger partial charge in [0.05, 0.1) is 6.10 Å². The van der Waals surface area contributed by atoms with Gasteiger partial charge in [-0.05, 0) is 79.3 Å². The van der Waals surface area contributed by atoms with Crippen molar-refractivity contribution in [3.8, 4) is 0 Å². The van der Waals surface area contributed by atoms with Gasteiger partial charge in [0.2, 0.25) is 0 Å². The number of aliphatic hydroxyl groups is 3. The summed E-state index contributed by atoms with van der Waals surface area (Å²) >= 11 is 0. The van der Waals surface area contributed by atoms with Crippen molar-refractivity contribution in [2.24, 2.45) is 29.1 Å². The third-order valence-corrected chi connectivity index (χ3v) is 9.96. The van der Waals surface area contributed by atoms with Gasteiger partial charge >= 0.3 is 5.97 Å². The first-order chi connectivity index (χ1) is 17.6. The highest BCUT2D eigenvalue weighted by Crippen LogP contribution is 2.60. The van der Waals surface area contributed by atoms with E-state index in [4.69, 9.17) is 14.6 Å². The molecule has 206 valence electrons. The number of allylic oxidation sites excluding steroid dienone is 3. The Balaban J connectivity index is 1.44. The number of carbonyl (C=O) groups excluding carboxylic acids is 1. The van der Waals surface area contributed by atoms with Gasteiger partial charge in [-0.3, -0.25) is 0 Å². The fourth-order valence-corrected chi connectivity index (χ4v) is 7.66. The topological polar surface area (TPSA) is 96.2 Å². The molecule has 3 saturated carbocycles. The Bertz CT molecular complexity index is 949. The number of esters is 1. The third-order valence-electron chi connectivity index (χ3n) is 9.96. The van der Waals surface area contributed by atoms with E-state index in [0.29, 0.717) is 48.3 Å². The Labute approximate surface area is 222 Å². The molecular weight excluding hydrogens is 468 g/mol. The lowest BCUT2D eigenvalue weighted by atomic mass is 9.60. The molecule has 6 heteroatoms. The van der Waals surface area contributed by atoms with E-state index in [1.54, 1.807) is 0 Å². The Morgan fingerprint density at radius 1 is 1.22 bits per heavy atom. The molecule has 3 N–H and O–H groups in total. The molecular formula is C31H46O6. The van der Waals surface area contributed by atoms with Gasteiger partial charge in [0.1, 0.15) is 18.3 Å². The van der Waals surface area contributed by atoms with Crippen molar-refractivity contribution in [3.63, 3.8) is 0 Å². The number of ether oxygens (including phenoxy) is 2. The van der Waals surface area contributed by atoms with Crippen molar-refractivity contribution in [3.05, 3.63) is 47.6 Å². The summed E-state index contributed by atoms with van der Waals surface area (Å²) in [6.45, 7) is 15.2. The zero-order chi connectivity index (χ0) is 26.9. The number of hydrogen-bond donors (Lipinski definition) is 3. The molecule has 0 unspecified atom stereocenters. The van der Waals surface area contributed by atoms with Crippen LogP contribution in [0.3, 0.4) is 0 Å². The van der Waals surface area contributed by atoms with E-state index in [9.17, 15) is 15.0 Å². The minimum atomic E-state index is -0.955. The zero-order valence-electron chi connectivity index (χ0n) is 22.8. The Morgan fingerprint density at radius 3 is 2.65 bits per heavy atom. The molecule has 0 aromatic heterocycles. The van der Waals surface area contributed by atoms with Crippen LogP contribution in [0.5, 0.6) is 0 Å². The van der Waals surface area contributed by atoms with Gasteiger partial charge in [0, 0.05) is 31.1 Å². The molecule has 0 bridgehead atoms. The van der Waals surface area contributed by atoms with E-state index in [1.165, 1.54) is 24.8 Å². The summed E-state index contributed by atoms with van der Waals surface area (Å²) in [5, 5.41) is 30.3. The third kappa shape index (κ3) is 5.54. The van der Waals surface area contributed by atoms with Crippen LogP contribution >= 0.6 is 0 Å². The minimum Gasteiger partial charge on any atom is -0.458 e. The van der Waals surface area contributed by atoms with Gasteiger partial charge in [-0.1, -0.05) is 51.7 Å². The lowest BCUT2D eigenvalue weighted by molar-refractivity contribution is -0.140. The summed E-state index contributed by atoms with van der Waals surface area (Å²) in [4.78, 5) is 12.0. The van der Waals surface area contributed by atoms with E-state index in [0.717, 1.165) is 24.8 Å². The Morgan fingerprint density at radius 2 is 1.97 bits per heavy atom. The standard InChI is InChI=1S/C31H46O6/c1-18(16-27-19(2)20(3)30(35)37-27)24-11-12-25-22(8-6-13-31(24,25)5)9-10-23-17-26(33)29(28(34)21(23)4)36-15-7-14-32/h9-10,18-19,24-29,32-34H,3-4,6-8,11-17H2,1-2,5H3/b22-9+,23-10-/t18-,19-,24-,25+,26-,27+,28-,29+,31-/m1/s1. The Kier molecular flexibility index (Phi) is 8.84. The van der Waals surface area contributed by atoms with Crippen LogP contribution in [-0.2, 0) is 14.3 Å². The number of carbonyl (C=O) groups is 1. The average molecular weight is 515 g/mol. The average Bonchev–Trinajstić information content (AvgIpc) is 3.34. The molecule has 9 atom stereocenters. The molecule has 0 radical (unpaired) electrons. The molecule has 4 fully saturated rings. The van der Waals surface area contributed by atoms with Gasteiger partial charge in [-0.25, -0.2) is 4.79 Å². The summed E-state index contributed by atoms with van der Waals surface area (Å²) < 4.78 is 11.3. The smallest absolute Gasteiger partial charge is 0.334 e. The summed E-state index contributed by atoms with van der Waals surface area (Å²) in [5.74, 6) is 1.41. The fourth-order valence-electron chi connectivity index (χ4n) is 7.66. The molecule has 4 rings (SSSR count). The lowest BCUT2D eigenvalue weighted by Crippen LogP contribution is -2.45. The van der Waals surface area contributed by atoms with Crippen LogP contribution < -0.4 is 0 Å². The SMILES string of the molecule is C=C1C(=O)O[C@@H](C[C@@H](C)[C@H]2CC[C@H]3/C(=C/C=C4/C[C@@H](O)[C@H](OCCCO)[C@H](O)C4=C)CCC[C@]23C)[C@@H]1C. The molecule has 1 aliphatic heterocycles. The summed E-state index contributed by atoms with van der Waals surface area (Å²) in [5.41, 5.74) is 3.77. The van der Waals surface area contributed by atoms with Gasteiger partial charge in [-0.2, -0.15) is 0 Å². The van der Waals surface area contributed by atoms with Crippen molar-refractivity contribution < 1.29 is 29.6 Å². The largest absolute Gasteiger partial charge is 0.458 e. The second-order valence-electron chi connectivity index (χ2n) is 12.2. The second-order valence-corrected chi connectivity index (χ2v) is 12.2. The van der Waals surface area contributed by atoms with E-state index in [2.05, 4.69) is 46.1 Å². The van der Waals surface area contributed by atoms with E-state index in [1.807, 2.05) is 0 Å². The van der Waals surface area contributed by atoms with E-state index >= 15 is 0 Å². The number of hydrogen-bond acceptors (Lipinski definition) is 6. The highest BCUT2D eigenvalue weighted by Gasteiger charge is 2.51. The molecule has 1 heterocycles. The van der Waals surface area contributed by atoms with Crippen molar-refractivity contribution in [2.75, 3.05) is 13.2 Å². The maximum absolute atomic E-state index is 12.0. The summed E-state index contributed by atoms with van der Waals surface area (Å²) in [7, 11) is 0. The number of aliphatic hydroxyl groups excluding tert-OH is 3. The predicted octanol–water partition coefficient (Wildman–Crippen LogP) is 4.65. The van der Waals surface area contributed by atoms with Crippen LogP contribution in [0.25, 0.3) is 0 Å². The normalized spacial score (nSPS) is 41.4. The Hall–Kier alpha value is -1.73. The number of cyclic esters (lactones) is 1. The van der Waals surface area contributed by atoms with Crippen LogP contribution in [-0.4, -0.2) is 58.9 Å². The second kappa shape index (κ2) is 11.6. The van der Waals surface area contributed by atoms with Gasteiger partial charge in [0.25, 0.3) is 0 Å². The van der Waals surface area contributed by atoms with Gasteiger partial charge in [-0.15, -0.1) is 0 Å². The summed E-state index contributed by atoms with van der Waals surface area (Å²) in [6.07, 6.45) is 9.30. The van der Waals surface area contributed by atoms with Crippen molar-refractivity contribution in [1.29, 1.82) is 0 Å². The lowest BCUT2D eigenvalue weighted by Gasteiger charge is -2.44. The molecule has 3 aliphatic carbocycles. The highest BCUT2D eigenvalue weighted by molar-refractivity contribution is 5.90. The molecule has 0 amide bonds. The van der Waals surface area contributed by atoms with Crippen LogP contribution in [0, 0.1) is 29.1 Å². The summed E-state index contributed by atoms with van der Waals surface area (Å²) in [6, 6.07) is 0. The van der Waals surface area contributed by atoms with Gasteiger partial charge in [0.15, 0.2) is 0 Å². The maximum Gasteiger partial charge on any atom is 0.334 e. The molecule has 37 heavy (non-hydrogen) atoms. The molecule has 1 saturated heterocycles. The van der Waals surface area contributed by atoms with Crippen LogP contribution in [0.4, 0.5) is 0 Å². The van der Waals surface area contributed by atoms with Crippen LogP contribution in [0.1, 0.15) is 72.1 Å². The zero-order valence-corrected chi connectivity index (χ0v) is 22.8. The van der Waals surface area contributed by atoms with Crippen molar-refractivity contribution in [1.82, 2.24) is 0 Å². The molecule has 4 aliphatic rings. The van der Waals surface area contributed by atoms with E-state index in [-0.39, 0.29) is 30.0 Å². The maximum atomic E-state index is 12.0. The fraction of sp³-hybridized carbons (Fsp3) is 0.710. The minimum absolute atomic E-state index is 0.0151. The molecule has 6 nitrogen and oxygen atoms in total. The first kappa shape index (κ1) is 28.3. The predicted molar refractivity (Wildman–Crippen MR) is 144 cm³/mol. The van der Waals surface area contributed by atoms with Crippen LogP contribution in [0.15, 0.2) is 47.6 Å². The first-order valence-corrected chi connectivity index (χ1v) is 14.2. The number of fused-ring (bicyclic) bond motifs is 1. The van der Waals surface area contributed by atoms with Gasteiger partial charge < -0.3 is 24.8 Å². The molecule has 0 aromatic rings.